The molecule has 5 nitrogen and oxygen atoms in total. The van der Waals surface area contributed by atoms with E-state index in [-0.39, 0.29) is 6.04 Å². The summed E-state index contributed by atoms with van der Waals surface area (Å²) < 4.78 is 28.5. The Hall–Kier alpha value is -0.170. The molecule has 0 saturated carbocycles. The van der Waals surface area contributed by atoms with E-state index < -0.39 is 10.2 Å². The first kappa shape index (κ1) is 15.9. The predicted octanol–water partition coefficient (Wildman–Crippen LogP) is 0.939. The van der Waals surface area contributed by atoms with Crippen LogP contribution in [0, 0.1) is 5.92 Å². The summed E-state index contributed by atoms with van der Waals surface area (Å²) in [6.07, 6.45) is 2.04. The van der Waals surface area contributed by atoms with Crippen molar-refractivity contribution in [2.75, 3.05) is 19.6 Å². The van der Waals surface area contributed by atoms with Gasteiger partial charge in [0.15, 0.2) is 0 Å². The lowest BCUT2D eigenvalue weighted by molar-refractivity contribution is 0.223. The molecule has 0 radical (unpaired) electrons. The molecule has 1 saturated heterocycles. The van der Waals surface area contributed by atoms with E-state index in [9.17, 15) is 8.42 Å². The van der Waals surface area contributed by atoms with Crippen molar-refractivity contribution < 1.29 is 8.42 Å². The van der Waals surface area contributed by atoms with E-state index in [1.54, 1.807) is 4.31 Å². The minimum atomic E-state index is -3.31. The number of hydrogen-bond acceptors (Lipinski definition) is 3. The Kier molecular flexibility index (Phi) is 6.04. The zero-order valence-corrected chi connectivity index (χ0v) is 12.8. The van der Waals surface area contributed by atoms with Crippen molar-refractivity contribution in [2.24, 2.45) is 5.92 Å². The van der Waals surface area contributed by atoms with Crippen molar-refractivity contribution in [3.8, 4) is 0 Å². The van der Waals surface area contributed by atoms with Crippen LogP contribution in [0.15, 0.2) is 0 Å². The van der Waals surface area contributed by atoms with Crippen molar-refractivity contribution >= 4 is 10.2 Å². The van der Waals surface area contributed by atoms with Crippen LogP contribution in [-0.4, -0.2) is 44.4 Å². The van der Waals surface area contributed by atoms with Gasteiger partial charge in [0.25, 0.3) is 10.2 Å². The predicted molar refractivity (Wildman–Crippen MR) is 74.6 cm³/mol. The van der Waals surface area contributed by atoms with Crippen LogP contribution in [0.1, 0.15) is 40.5 Å². The topological polar surface area (TPSA) is 61.4 Å². The maximum absolute atomic E-state index is 12.1. The van der Waals surface area contributed by atoms with Gasteiger partial charge in [-0.2, -0.15) is 17.4 Å². The van der Waals surface area contributed by atoms with Gasteiger partial charge in [0.1, 0.15) is 0 Å². The quantitative estimate of drug-likeness (QED) is 0.759. The Morgan fingerprint density at radius 1 is 1.33 bits per heavy atom. The van der Waals surface area contributed by atoms with Crippen LogP contribution in [0.25, 0.3) is 0 Å². The molecular formula is C12H27N3O2S. The molecule has 108 valence electrons. The van der Waals surface area contributed by atoms with Crippen molar-refractivity contribution in [1.29, 1.82) is 0 Å². The molecule has 2 atom stereocenters. The number of rotatable bonds is 6. The molecule has 18 heavy (non-hydrogen) atoms. The van der Waals surface area contributed by atoms with E-state index in [0.717, 1.165) is 19.4 Å². The molecule has 0 aromatic carbocycles. The lowest BCUT2D eigenvalue weighted by Gasteiger charge is -2.35. The fraction of sp³-hybridized carbons (Fsp3) is 1.00. The molecule has 1 rings (SSSR count). The number of nitrogens with zero attached hydrogens (tertiary/aromatic N) is 1. The Labute approximate surface area is 112 Å². The summed E-state index contributed by atoms with van der Waals surface area (Å²) in [7, 11) is -3.31. The largest absolute Gasteiger partial charge is 0.314 e. The van der Waals surface area contributed by atoms with Crippen LogP contribution in [0.4, 0.5) is 0 Å². The summed E-state index contributed by atoms with van der Waals surface area (Å²) in [6, 6.07) is 0.314. The van der Waals surface area contributed by atoms with E-state index >= 15 is 0 Å². The second-order valence-electron chi connectivity index (χ2n) is 5.38. The molecule has 0 amide bonds. The third-order valence-electron chi connectivity index (χ3n) is 3.38. The molecule has 0 aromatic rings. The van der Waals surface area contributed by atoms with Crippen LogP contribution >= 0.6 is 0 Å². The van der Waals surface area contributed by atoms with Crippen LogP contribution in [0.3, 0.4) is 0 Å². The van der Waals surface area contributed by atoms with E-state index in [2.05, 4.69) is 23.9 Å². The Morgan fingerprint density at radius 3 is 2.56 bits per heavy atom. The van der Waals surface area contributed by atoms with Crippen molar-refractivity contribution in [3.05, 3.63) is 0 Å². The van der Waals surface area contributed by atoms with Gasteiger partial charge in [0.2, 0.25) is 0 Å². The summed E-state index contributed by atoms with van der Waals surface area (Å²) in [5, 5.41) is 3.39. The fourth-order valence-corrected chi connectivity index (χ4v) is 3.96. The van der Waals surface area contributed by atoms with E-state index in [0.29, 0.717) is 25.0 Å². The lowest BCUT2D eigenvalue weighted by atomic mass is 9.93. The maximum atomic E-state index is 12.1. The molecule has 2 unspecified atom stereocenters. The zero-order valence-electron chi connectivity index (χ0n) is 11.9. The molecule has 1 aliphatic heterocycles. The Bertz CT molecular complexity index is 343. The van der Waals surface area contributed by atoms with Gasteiger partial charge in [-0.15, -0.1) is 0 Å². The number of piperidine rings is 1. The van der Waals surface area contributed by atoms with E-state index in [4.69, 9.17) is 0 Å². The molecule has 0 aliphatic carbocycles. The summed E-state index contributed by atoms with van der Waals surface area (Å²) in [4.78, 5) is 0. The second kappa shape index (κ2) is 6.84. The normalized spacial score (nSPS) is 24.4. The first-order valence-electron chi connectivity index (χ1n) is 6.87. The summed E-state index contributed by atoms with van der Waals surface area (Å²) >= 11 is 0. The second-order valence-corrected chi connectivity index (χ2v) is 7.09. The van der Waals surface area contributed by atoms with E-state index in [1.807, 2.05) is 13.8 Å². The van der Waals surface area contributed by atoms with Crippen LogP contribution in [0.2, 0.25) is 0 Å². The average molecular weight is 277 g/mol. The van der Waals surface area contributed by atoms with Crippen molar-refractivity contribution in [1.82, 2.24) is 14.3 Å². The highest BCUT2D eigenvalue weighted by atomic mass is 32.2. The Balaban J connectivity index is 2.63. The van der Waals surface area contributed by atoms with Crippen molar-refractivity contribution in [2.45, 2.75) is 52.6 Å². The molecule has 1 fully saturated rings. The van der Waals surface area contributed by atoms with Gasteiger partial charge >= 0.3 is 0 Å². The summed E-state index contributed by atoms with van der Waals surface area (Å²) in [6.45, 7) is 10.1. The maximum Gasteiger partial charge on any atom is 0.279 e. The molecular weight excluding hydrogens is 250 g/mol. The molecule has 1 aliphatic rings. The van der Waals surface area contributed by atoms with Crippen LogP contribution in [0.5, 0.6) is 0 Å². The number of hydrogen-bond donors (Lipinski definition) is 2. The molecule has 0 spiro atoms. The van der Waals surface area contributed by atoms with Gasteiger partial charge in [0.05, 0.1) is 0 Å². The van der Waals surface area contributed by atoms with Gasteiger partial charge in [-0.3, -0.25) is 0 Å². The third-order valence-corrected chi connectivity index (χ3v) is 5.16. The highest BCUT2D eigenvalue weighted by molar-refractivity contribution is 7.87. The van der Waals surface area contributed by atoms with E-state index in [1.165, 1.54) is 0 Å². The van der Waals surface area contributed by atoms with Gasteiger partial charge in [-0.25, -0.2) is 0 Å². The van der Waals surface area contributed by atoms with Gasteiger partial charge in [-0.1, -0.05) is 6.92 Å². The van der Waals surface area contributed by atoms with Gasteiger partial charge in [-0.05, 0) is 46.1 Å². The zero-order chi connectivity index (χ0) is 13.8. The third kappa shape index (κ3) is 4.50. The molecule has 0 bridgehead atoms. The summed E-state index contributed by atoms with van der Waals surface area (Å²) in [5.74, 6) is 0.405. The highest BCUT2D eigenvalue weighted by Crippen LogP contribution is 2.21. The smallest absolute Gasteiger partial charge is 0.279 e. The van der Waals surface area contributed by atoms with Gasteiger partial charge < -0.3 is 5.32 Å². The average Bonchev–Trinajstić information content (AvgIpc) is 2.28. The standard InChI is InChI=1S/C12H27N3O2S/c1-5-13-11(4)12-7-6-8-15(9-12)18(16,17)14-10(2)3/h10-14H,5-9H2,1-4H3. The first-order valence-corrected chi connectivity index (χ1v) is 8.31. The van der Waals surface area contributed by atoms with Crippen LogP contribution in [-0.2, 0) is 10.2 Å². The SMILES string of the molecule is CCNC(C)C1CCCN(S(=O)(=O)NC(C)C)C1. The molecule has 2 N–H and O–H groups in total. The minimum Gasteiger partial charge on any atom is -0.314 e. The molecule has 1 heterocycles. The van der Waals surface area contributed by atoms with Crippen molar-refractivity contribution in [3.63, 3.8) is 0 Å². The minimum absolute atomic E-state index is 0.0541. The van der Waals surface area contributed by atoms with Crippen LogP contribution < -0.4 is 10.0 Å². The first-order chi connectivity index (χ1) is 8.36. The summed E-state index contributed by atoms with van der Waals surface area (Å²) in [5.41, 5.74) is 0. The monoisotopic (exact) mass is 277 g/mol. The fourth-order valence-electron chi connectivity index (χ4n) is 2.46. The highest BCUT2D eigenvalue weighted by Gasteiger charge is 2.31. The van der Waals surface area contributed by atoms with Gasteiger partial charge in [0, 0.05) is 25.2 Å². The molecule has 0 aromatic heterocycles. The molecule has 6 heteroatoms. The number of nitrogens with one attached hydrogen (secondary N) is 2. The Morgan fingerprint density at radius 2 is 2.00 bits per heavy atom. The lowest BCUT2D eigenvalue weighted by Crippen LogP contribution is -2.51.